The molecule has 278 valence electrons. The van der Waals surface area contributed by atoms with E-state index in [1.54, 1.807) is 53.9 Å². The van der Waals surface area contributed by atoms with E-state index in [0.717, 1.165) is 0 Å². The Morgan fingerprint density at radius 3 is 2.64 bits per heavy atom. The van der Waals surface area contributed by atoms with Gasteiger partial charge in [0.15, 0.2) is 0 Å². The highest BCUT2D eigenvalue weighted by molar-refractivity contribution is 7.14. The quantitative estimate of drug-likeness (QED) is 0.0773. The molecule has 1 aliphatic rings. The Bertz CT molecular complexity index is 2150. The molecule has 0 radical (unpaired) electrons. The summed E-state index contributed by atoms with van der Waals surface area (Å²) in [5.41, 5.74) is 2.46. The molecule has 53 heavy (non-hydrogen) atoms. The van der Waals surface area contributed by atoms with Gasteiger partial charge in [-0.05, 0) is 54.1 Å². The highest BCUT2D eigenvalue weighted by atomic mass is 35.5. The molecule has 1 fully saturated rings. The number of amides is 2. The zero-order chi connectivity index (χ0) is 37.5. The Labute approximate surface area is 313 Å². The van der Waals surface area contributed by atoms with Crippen LogP contribution in [0.4, 0.5) is 20.6 Å². The topological polar surface area (TPSA) is 165 Å². The average molecular weight is 764 g/mol. The maximum Gasteiger partial charge on any atom is 0.411 e. The molecule has 0 saturated carbocycles. The minimum Gasteiger partial charge on any atom is -0.506 e. The van der Waals surface area contributed by atoms with Crippen molar-refractivity contribution in [2.75, 3.05) is 43.9 Å². The number of nitrogens with one attached hydrogen (secondary N) is 4. The van der Waals surface area contributed by atoms with Crippen molar-refractivity contribution in [1.29, 1.82) is 0 Å². The second-order valence-corrected chi connectivity index (χ2v) is 13.9. The number of hydrogen-bond donors (Lipinski definition) is 6. The number of carbonyl (C=O) groups excluding carboxylic acids is 2. The fourth-order valence-corrected chi connectivity index (χ4v) is 7.41. The molecule has 0 aliphatic carbocycles. The lowest BCUT2D eigenvalue weighted by molar-refractivity contribution is -0.116. The standard InChI is InChI=1S/C38H39ClFN5O7S/c1-51-33-19-30(27(39)18-22(33)20-41-21-32(47)24-6-8-31(46)36-25(24)7-9-34(48)44-36)42-35(49)12-16-45-14-10-23(11-15-45)52-38(50)43-29-13-17-53-37(29)26-4-2-3-5-28(26)40/h2-9,13,17-19,23,32,41,46-47H,10-12,14-16,20-21H2,1H3,(H,42,49)(H,43,50)(H,44,48). The third kappa shape index (κ3) is 9.33. The summed E-state index contributed by atoms with van der Waals surface area (Å²) in [6.45, 7) is 2.26. The normalized spacial score (nSPS) is 14.2. The lowest BCUT2D eigenvalue weighted by Gasteiger charge is -2.31. The second kappa shape index (κ2) is 17.2. The number of hydrogen-bond acceptors (Lipinski definition) is 10. The summed E-state index contributed by atoms with van der Waals surface area (Å²) < 4.78 is 25.5. The zero-order valence-electron chi connectivity index (χ0n) is 28.8. The number of rotatable bonds is 13. The van der Waals surface area contributed by atoms with Gasteiger partial charge >= 0.3 is 6.09 Å². The number of ether oxygens (including phenoxy) is 2. The van der Waals surface area contributed by atoms with Crippen LogP contribution in [0, 0.1) is 5.82 Å². The van der Waals surface area contributed by atoms with Gasteiger partial charge in [0.2, 0.25) is 11.5 Å². The Balaban J connectivity index is 0.941. The van der Waals surface area contributed by atoms with Crippen LogP contribution in [0.2, 0.25) is 5.02 Å². The molecule has 12 nitrogen and oxygen atoms in total. The first kappa shape index (κ1) is 37.8. The van der Waals surface area contributed by atoms with Crippen molar-refractivity contribution in [2.24, 2.45) is 0 Å². The van der Waals surface area contributed by atoms with E-state index in [-0.39, 0.29) is 47.6 Å². The number of likely N-dealkylation sites (tertiary alicyclic amines) is 1. The van der Waals surface area contributed by atoms with Gasteiger partial charge in [-0.3, -0.25) is 14.9 Å². The minimum absolute atomic E-state index is 0.0869. The summed E-state index contributed by atoms with van der Waals surface area (Å²) >= 11 is 7.89. The number of aromatic amines is 1. The Morgan fingerprint density at radius 1 is 1.08 bits per heavy atom. The minimum atomic E-state index is -0.944. The number of carbonyl (C=O) groups is 2. The van der Waals surface area contributed by atoms with Crippen molar-refractivity contribution in [2.45, 2.75) is 38.0 Å². The predicted octanol–water partition coefficient (Wildman–Crippen LogP) is 6.63. The molecule has 1 aliphatic heterocycles. The number of phenols is 1. The fraction of sp³-hybridized carbons (Fsp3) is 0.289. The maximum absolute atomic E-state index is 14.3. The number of piperidine rings is 1. The van der Waals surface area contributed by atoms with Crippen molar-refractivity contribution >= 4 is 57.2 Å². The molecule has 15 heteroatoms. The Kier molecular flexibility index (Phi) is 12.3. The molecule has 0 bridgehead atoms. The average Bonchev–Trinajstić information content (AvgIpc) is 3.60. The summed E-state index contributed by atoms with van der Waals surface area (Å²) in [7, 11) is 1.51. The van der Waals surface area contributed by atoms with Crippen LogP contribution in [-0.4, -0.2) is 71.5 Å². The first-order chi connectivity index (χ1) is 25.6. The number of thiophene rings is 1. The number of anilines is 2. The van der Waals surface area contributed by atoms with E-state index >= 15 is 0 Å². The van der Waals surface area contributed by atoms with Gasteiger partial charge in [0.1, 0.15) is 23.4 Å². The van der Waals surface area contributed by atoms with Gasteiger partial charge in [0, 0.05) is 67.8 Å². The zero-order valence-corrected chi connectivity index (χ0v) is 30.4. The molecule has 6 N–H and O–H groups in total. The van der Waals surface area contributed by atoms with Crippen molar-refractivity contribution in [3.63, 3.8) is 0 Å². The number of benzene rings is 3. The first-order valence-corrected chi connectivity index (χ1v) is 18.3. The van der Waals surface area contributed by atoms with E-state index in [1.807, 2.05) is 0 Å². The highest BCUT2D eigenvalue weighted by Gasteiger charge is 2.24. The molecule has 1 atom stereocenters. The molecular formula is C38H39ClFN5O7S. The van der Waals surface area contributed by atoms with E-state index in [1.165, 1.54) is 36.6 Å². The van der Waals surface area contributed by atoms with Crippen LogP contribution >= 0.6 is 22.9 Å². The molecule has 5 aromatic rings. The molecule has 6 rings (SSSR count). The van der Waals surface area contributed by atoms with Crippen LogP contribution in [-0.2, 0) is 16.1 Å². The summed E-state index contributed by atoms with van der Waals surface area (Å²) in [5, 5.41) is 32.5. The number of aromatic hydroxyl groups is 1. The van der Waals surface area contributed by atoms with Gasteiger partial charge in [-0.2, -0.15) is 0 Å². The lowest BCUT2D eigenvalue weighted by atomic mass is 10.0. The van der Waals surface area contributed by atoms with E-state index in [2.05, 4.69) is 25.8 Å². The monoisotopic (exact) mass is 763 g/mol. The third-order valence-corrected chi connectivity index (χ3v) is 10.3. The number of fused-ring (bicyclic) bond motifs is 1. The van der Waals surface area contributed by atoms with Gasteiger partial charge in [0.05, 0.1) is 40.0 Å². The Hall–Kier alpha value is -4.99. The summed E-state index contributed by atoms with van der Waals surface area (Å²) in [6.07, 6.45) is -0.366. The van der Waals surface area contributed by atoms with Gasteiger partial charge in [-0.1, -0.05) is 35.9 Å². The van der Waals surface area contributed by atoms with Gasteiger partial charge < -0.3 is 40.2 Å². The number of aromatic nitrogens is 1. The highest BCUT2D eigenvalue weighted by Crippen LogP contribution is 2.36. The van der Waals surface area contributed by atoms with E-state index in [0.29, 0.717) is 88.1 Å². The maximum atomic E-state index is 14.3. The molecule has 2 amide bonds. The van der Waals surface area contributed by atoms with Crippen molar-refractivity contribution < 1.29 is 33.7 Å². The summed E-state index contributed by atoms with van der Waals surface area (Å²) in [4.78, 5) is 42.6. The second-order valence-electron chi connectivity index (χ2n) is 12.6. The smallest absolute Gasteiger partial charge is 0.411 e. The van der Waals surface area contributed by atoms with E-state index < -0.39 is 12.2 Å². The van der Waals surface area contributed by atoms with Gasteiger partial charge in [-0.15, -0.1) is 11.3 Å². The molecule has 3 heterocycles. The largest absolute Gasteiger partial charge is 0.506 e. The van der Waals surface area contributed by atoms with E-state index in [4.69, 9.17) is 21.1 Å². The van der Waals surface area contributed by atoms with E-state index in [9.17, 15) is 29.0 Å². The van der Waals surface area contributed by atoms with Crippen LogP contribution in [0.3, 0.4) is 0 Å². The van der Waals surface area contributed by atoms with Crippen molar-refractivity contribution in [1.82, 2.24) is 15.2 Å². The number of aliphatic hydroxyl groups excluding tert-OH is 1. The van der Waals surface area contributed by atoms with Gasteiger partial charge in [-0.25, -0.2) is 9.18 Å². The molecule has 1 saturated heterocycles. The van der Waals surface area contributed by atoms with Crippen LogP contribution < -0.4 is 26.2 Å². The fourth-order valence-electron chi connectivity index (χ4n) is 6.30. The number of pyridine rings is 1. The SMILES string of the molecule is COc1cc(NC(=O)CCN2CCC(OC(=O)Nc3ccsc3-c3ccccc3F)CC2)c(Cl)cc1CNCC(O)c1ccc(O)c2[nH]c(=O)ccc12. The first-order valence-electron chi connectivity index (χ1n) is 17.0. The molecule has 0 spiro atoms. The lowest BCUT2D eigenvalue weighted by Crippen LogP contribution is -2.39. The Morgan fingerprint density at radius 2 is 1.87 bits per heavy atom. The van der Waals surface area contributed by atoms with Crippen LogP contribution in [0.1, 0.15) is 36.5 Å². The van der Waals surface area contributed by atoms with Crippen LogP contribution in [0.25, 0.3) is 21.3 Å². The van der Waals surface area contributed by atoms with Crippen molar-refractivity contribution in [3.8, 4) is 21.9 Å². The molecule has 3 aromatic carbocycles. The number of H-pyrrole nitrogens is 1. The summed E-state index contributed by atoms with van der Waals surface area (Å²) in [6, 6.07) is 17.4. The van der Waals surface area contributed by atoms with Crippen LogP contribution in [0.15, 0.2) is 76.9 Å². The third-order valence-electron chi connectivity index (χ3n) is 9.05. The number of methoxy groups -OCH3 is 1. The van der Waals surface area contributed by atoms with Gasteiger partial charge in [0.25, 0.3) is 0 Å². The number of halogens is 2. The number of phenolic OH excluding ortho intramolecular Hbond substituents is 1. The van der Waals surface area contributed by atoms with Crippen molar-refractivity contribution in [3.05, 3.63) is 104 Å². The summed E-state index contributed by atoms with van der Waals surface area (Å²) in [5.74, 6) is -0.177. The predicted molar refractivity (Wildman–Crippen MR) is 203 cm³/mol. The number of aliphatic hydroxyl groups is 1. The molecule has 1 unspecified atom stereocenters. The molecule has 2 aromatic heterocycles. The van der Waals surface area contributed by atoms with Crippen LogP contribution in [0.5, 0.6) is 11.5 Å². The molecular weight excluding hydrogens is 725 g/mol. The number of nitrogens with zero attached hydrogens (tertiary/aromatic N) is 1.